The van der Waals surface area contributed by atoms with Crippen LogP contribution in [0.4, 0.5) is 0 Å². The Labute approximate surface area is 153 Å². The molecule has 3 aromatic rings. The zero-order valence-electron chi connectivity index (χ0n) is 15.1. The number of amides is 1. The Hall–Kier alpha value is -2.89. The van der Waals surface area contributed by atoms with Crippen LogP contribution in [0.25, 0.3) is 11.4 Å². The van der Waals surface area contributed by atoms with Crippen LogP contribution in [0.2, 0.25) is 0 Å². The molecule has 1 aliphatic rings. The van der Waals surface area contributed by atoms with Gasteiger partial charge in [-0.25, -0.2) is 4.98 Å². The third-order valence-electron chi connectivity index (χ3n) is 4.97. The third kappa shape index (κ3) is 3.03. The Kier molecular flexibility index (Phi) is 4.32. The first kappa shape index (κ1) is 16.6. The molecule has 0 aliphatic carbocycles. The summed E-state index contributed by atoms with van der Waals surface area (Å²) in [6.07, 6.45) is 8.08. The van der Waals surface area contributed by atoms with Gasteiger partial charge < -0.3 is 9.47 Å². The van der Waals surface area contributed by atoms with Crippen molar-refractivity contribution in [2.24, 2.45) is 0 Å². The number of carbonyl (C=O) groups excluding carboxylic acids is 1. The van der Waals surface area contributed by atoms with E-state index in [1.54, 1.807) is 6.20 Å². The summed E-state index contributed by atoms with van der Waals surface area (Å²) in [4.78, 5) is 18.9. The van der Waals surface area contributed by atoms with Crippen LogP contribution in [-0.2, 0) is 11.3 Å². The normalized spacial score (nSPS) is 17.4. The van der Waals surface area contributed by atoms with Gasteiger partial charge in [-0.05, 0) is 25.5 Å². The molecule has 1 saturated heterocycles. The number of carbonyl (C=O) groups is 1. The molecule has 4 rings (SSSR count). The molecule has 1 amide bonds. The van der Waals surface area contributed by atoms with Crippen molar-refractivity contribution in [2.45, 2.75) is 38.9 Å². The van der Waals surface area contributed by atoms with Gasteiger partial charge in [-0.3, -0.25) is 9.48 Å². The predicted molar refractivity (Wildman–Crippen MR) is 99.5 cm³/mol. The Morgan fingerprint density at radius 3 is 2.73 bits per heavy atom. The van der Waals surface area contributed by atoms with E-state index >= 15 is 0 Å². The highest BCUT2D eigenvalue weighted by atomic mass is 16.2. The molecular weight excluding hydrogens is 326 g/mol. The van der Waals surface area contributed by atoms with Crippen LogP contribution in [0, 0.1) is 0 Å². The first-order valence-electron chi connectivity index (χ1n) is 9.01. The summed E-state index contributed by atoms with van der Waals surface area (Å²) in [6.45, 7) is 5.56. The topological polar surface area (TPSA) is 56.0 Å². The summed E-state index contributed by atoms with van der Waals surface area (Å²) in [5.74, 6) is 1.13. The van der Waals surface area contributed by atoms with Crippen LogP contribution >= 0.6 is 0 Å². The molecule has 134 valence electrons. The van der Waals surface area contributed by atoms with Crippen molar-refractivity contribution in [2.75, 3.05) is 6.54 Å². The Morgan fingerprint density at radius 2 is 2.00 bits per heavy atom. The van der Waals surface area contributed by atoms with Crippen molar-refractivity contribution in [1.29, 1.82) is 0 Å². The van der Waals surface area contributed by atoms with E-state index in [0.717, 1.165) is 23.5 Å². The number of hydrogen-bond acceptors (Lipinski definition) is 3. The van der Waals surface area contributed by atoms with Crippen LogP contribution in [0.3, 0.4) is 0 Å². The molecule has 0 bridgehead atoms. The average Bonchev–Trinajstić information content (AvgIpc) is 3.35. The fraction of sp³-hybridized carbons (Fsp3) is 0.350. The minimum atomic E-state index is 0.125. The highest BCUT2D eigenvalue weighted by molar-refractivity contribution is 5.79. The first-order chi connectivity index (χ1) is 12.6. The number of imidazole rings is 1. The molecular formula is C20H23N5O. The first-order valence-corrected chi connectivity index (χ1v) is 9.01. The van der Waals surface area contributed by atoms with E-state index < -0.39 is 0 Å². The van der Waals surface area contributed by atoms with Gasteiger partial charge in [-0.15, -0.1) is 0 Å². The molecule has 6 heteroatoms. The predicted octanol–water partition coefficient (Wildman–Crippen LogP) is 2.98. The molecule has 1 aromatic carbocycles. The standard InChI is InChI=1S/C20H23N5O/c1-15(2)25-14-17(12-19(25)26)24-11-9-21-20(24)18-7-4-3-6-16(18)13-23-10-5-8-22-23/h3-11,15,17H,12-14H2,1-2H3/t17-/m0/s1. The van der Waals surface area contributed by atoms with Gasteiger partial charge in [0, 0.05) is 49.4 Å². The molecule has 0 radical (unpaired) electrons. The van der Waals surface area contributed by atoms with Gasteiger partial charge in [0.1, 0.15) is 5.82 Å². The number of rotatable bonds is 5. The summed E-state index contributed by atoms with van der Waals surface area (Å²) >= 11 is 0. The second kappa shape index (κ2) is 6.78. The zero-order chi connectivity index (χ0) is 18.1. The highest BCUT2D eigenvalue weighted by Crippen LogP contribution is 2.31. The number of benzene rings is 1. The maximum atomic E-state index is 12.3. The zero-order valence-corrected chi connectivity index (χ0v) is 15.1. The number of aromatic nitrogens is 4. The summed E-state index contributed by atoms with van der Waals surface area (Å²) in [5.41, 5.74) is 2.25. The maximum Gasteiger partial charge on any atom is 0.225 e. The molecule has 1 atom stereocenters. The Balaban J connectivity index is 1.67. The third-order valence-corrected chi connectivity index (χ3v) is 4.97. The second-order valence-corrected chi connectivity index (χ2v) is 7.02. The van der Waals surface area contributed by atoms with Gasteiger partial charge >= 0.3 is 0 Å². The molecule has 3 heterocycles. The van der Waals surface area contributed by atoms with E-state index in [9.17, 15) is 4.79 Å². The average molecular weight is 349 g/mol. The van der Waals surface area contributed by atoms with Crippen molar-refractivity contribution in [1.82, 2.24) is 24.2 Å². The maximum absolute atomic E-state index is 12.3. The fourth-order valence-electron chi connectivity index (χ4n) is 3.66. The van der Waals surface area contributed by atoms with Crippen molar-refractivity contribution < 1.29 is 4.79 Å². The van der Waals surface area contributed by atoms with Gasteiger partial charge in [-0.1, -0.05) is 24.3 Å². The molecule has 0 saturated carbocycles. The van der Waals surface area contributed by atoms with Crippen LogP contribution in [0.5, 0.6) is 0 Å². The van der Waals surface area contributed by atoms with E-state index in [2.05, 4.69) is 40.6 Å². The van der Waals surface area contributed by atoms with Crippen molar-refractivity contribution in [3.05, 3.63) is 60.7 Å². The molecule has 0 N–H and O–H groups in total. The van der Waals surface area contributed by atoms with E-state index in [4.69, 9.17) is 0 Å². The quantitative estimate of drug-likeness (QED) is 0.711. The van der Waals surface area contributed by atoms with Crippen LogP contribution in [0.1, 0.15) is 31.9 Å². The second-order valence-electron chi connectivity index (χ2n) is 7.02. The number of likely N-dealkylation sites (tertiary alicyclic amines) is 1. The molecule has 26 heavy (non-hydrogen) atoms. The molecule has 1 fully saturated rings. The number of hydrogen-bond donors (Lipinski definition) is 0. The summed E-state index contributed by atoms with van der Waals surface area (Å²) in [7, 11) is 0. The molecule has 2 aromatic heterocycles. The molecule has 6 nitrogen and oxygen atoms in total. The Bertz CT molecular complexity index is 897. The van der Waals surface area contributed by atoms with Gasteiger partial charge in [0.2, 0.25) is 5.91 Å². The molecule has 1 aliphatic heterocycles. The van der Waals surface area contributed by atoms with Gasteiger partial charge in [0.05, 0.1) is 12.6 Å². The summed E-state index contributed by atoms with van der Waals surface area (Å²) in [6, 6.07) is 10.5. The monoisotopic (exact) mass is 349 g/mol. The Morgan fingerprint density at radius 1 is 1.15 bits per heavy atom. The van der Waals surface area contributed by atoms with Crippen molar-refractivity contribution >= 4 is 5.91 Å². The van der Waals surface area contributed by atoms with E-state index in [1.165, 1.54) is 0 Å². The lowest BCUT2D eigenvalue weighted by molar-refractivity contribution is -0.129. The lowest BCUT2D eigenvalue weighted by Gasteiger charge is -2.22. The fourth-order valence-corrected chi connectivity index (χ4v) is 3.66. The largest absolute Gasteiger partial charge is 0.338 e. The highest BCUT2D eigenvalue weighted by Gasteiger charge is 2.33. The lowest BCUT2D eigenvalue weighted by atomic mass is 10.1. The number of nitrogens with zero attached hydrogens (tertiary/aromatic N) is 5. The van der Waals surface area contributed by atoms with Crippen molar-refractivity contribution in [3.8, 4) is 11.4 Å². The minimum absolute atomic E-state index is 0.125. The smallest absolute Gasteiger partial charge is 0.225 e. The summed E-state index contributed by atoms with van der Waals surface area (Å²) < 4.78 is 4.06. The minimum Gasteiger partial charge on any atom is -0.338 e. The molecule has 0 unspecified atom stereocenters. The lowest BCUT2D eigenvalue weighted by Crippen LogP contribution is -2.32. The van der Waals surface area contributed by atoms with Crippen molar-refractivity contribution in [3.63, 3.8) is 0 Å². The van der Waals surface area contributed by atoms with E-state index in [1.807, 2.05) is 46.4 Å². The van der Waals surface area contributed by atoms with E-state index in [-0.39, 0.29) is 18.0 Å². The van der Waals surface area contributed by atoms with Crippen LogP contribution < -0.4 is 0 Å². The van der Waals surface area contributed by atoms with Gasteiger partial charge in [-0.2, -0.15) is 5.10 Å². The van der Waals surface area contributed by atoms with Crippen LogP contribution in [-0.4, -0.2) is 42.7 Å². The summed E-state index contributed by atoms with van der Waals surface area (Å²) in [5, 5.41) is 4.31. The van der Waals surface area contributed by atoms with Gasteiger partial charge in [0.25, 0.3) is 0 Å². The SMILES string of the molecule is CC(C)N1C[C@@H](n2ccnc2-c2ccccc2Cn2cccn2)CC1=O. The van der Waals surface area contributed by atoms with Crippen LogP contribution in [0.15, 0.2) is 55.1 Å². The molecule has 0 spiro atoms. The van der Waals surface area contributed by atoms with E-state index in [0.29, 0.717) is 13.0 Å². The van der Waals surface area contributed by atoms with Gasteiger partial charge in [0.15, 0.2) is 0 Å².